The van der Waals surface area contributed by atoms with Crippen LogP contribution in [0.3, 0.4) is 0 Å². The van der Waals surface area contributed by atoms with Crippen molar-refractivity contribution in [1.29, 1.82) is 0 Å². The smallest absolute Gasteiger partial charge is 0.162 e. The zero-order chi connectivity index (χ0) is 13.3. The quantitative estimate of drug-likeness (QED) is 0.627. The van der Waals surface area contributed by atoms with Crippen LogP contribution in [0.2, 0.25) is 0 Å². The Hall–Kier alpha value is -1.94. The van der Waals surface area contributed by atoms with Gasteiger partial charge in [-0.25, -0.2) is 15.8 Å². The highest BCUT2D eigenvalue weighted by Crippen LogP contribution is 2.26. The third-order valence-electron chi connectivity index (χ3n) is 3.23. The average Bonchev–Trinajstić information content (AvgIpc) is 2.33. The van der Waals surface area contributed by atoms with E-state index in [9.17, 15) is 0 Å². The van der Waals surface area contributed by atoms with Gasteiger partial charge in [-0.1, -0.05) is 18.2 Å². The molecule has 1 aromatic carbocycles. The number of hydrazine groups is 1. The van der Waals surface area contributed by atoms with E-state index in [0.717, 1.165) is 22.6 Å². The molecular formula is C14H18N4. The average molecular weight is 242 g/mol. The summed E-state index contributed by atoms with van der Waals surface area (Å²) in [6, 6.07) is 6.17. The molecule has 18 heavy (non-hydrogen) atoms. The predicted octanol–water partition coefficient (Wildman–Crippen LogP) is 2.66. The van der Waals surface area contributed by atoms with Gasteiger partial charge in [0.1, 0.15) is 5.82 Å². The van der Waals surface area contributed by atoms with Gasteiger partial charge in [-0.05, 0) is 38.8 Å². The highest BCUT2D eigenvalue weighted by Gasteiger charge is 2.12. The maximum absolute atomic E-state index is 5.50. The van der Waals surface area contributed by atoms with Crippen molar-refractivity contribution in [1.82, 2.24) is 9.97 Å². The number of hydrogen-bond donors (Lipinski definition) is 2. The van der Waals surface area contributed by atoms with Crippen molar-refractivity contribution in [2.75, 3.05) is 5.43 Å². The predicted molar refractivity (Wildman–Crippen MR) is 74.2 cm³/mol. The molecule has 2 rings (SSSR count). The van der Waals surface area contributed by atoms with Gasteiger partial charge in [-0.2, -0.15) is 0 Å². The highest BCUT2D eigenvalue weighted by molar-refractivity contribution is 5.66. The number of nitrogens with two attached hydrogens (primary N) is 1. The molecule has 2 aromatic rings. The first-order valence-electron chi connectivity index (χ1n) is 5.93. The minimum atomic E-state index is 0.681. The first kappa shape index (κ1) is 12.5. The molecule has 0 amide bonds. The lowest BCUT2D eigenvalue weighted by molar-refractivity contribution is 1.05. The summed E-state index contributed by atoms with van der Waals surface area (Å²) in [7, 11) is 0. The summed E-state index contributed by atoms with van der Waals surface area (Å²) in [5.74, 6) is 6.91. The summed E-state index contributed by atoms with van der Waals surface area (Å²) in [5, 5.41) is 0. The first-order valence-corrected chi connectivity index (χ1v) is 5.93. The number of benzene rings is 1. The Kier molecular flexibility index (Phi) is 3.30. The molecule has 0 atom stereocenters. The van der Waals surface area contributed by atoms with Crippen molar-refractivity contribution in [2.24, 2.45) is 5.84 Å². The molecule has 4 heteroatoms. The molecule has 0 spiro atoms. The van der Waals surface area contributed by atoms with Crippen LogP contribution in [0.1, 0.15) is 22.4 Å². The molecular weight excluding hydrogens is 224 g/mol. The van der Waals surface area contributed by atoms with Crippen LogP contribution < -0.4 is 11.3 Å². The summed E-state index contributed by atoms with van der Waals surface area (Å²) in [4.78, 5) is 9.06. The monoisotopic (exact) mass is 242 g/mol. The van der Waals surface area contributed by atoms with Crippen LogP contribution in [0.5, 0.6) is 0 Å². The molecule has 94 valence electrons. The number of nitrogens with zero attached hydrogens (tertiary/aromatic N) is 2. The van der Waals surface area contributed by atoms with Gasteiger partial charge in [0, 0.05) is 16.8 Å². The molecule has 0 aliphatic carbocycles. The molecule has 4 nitrogen and oxygen atoms in total. The fourth-order valence-corrected chi connectivity index (χ4v) is 2.05. The minimum absolute atomic E-state index is 0.681. The third kappa shape index (κ3) is 2.07. The topological polar surface area (TPSA) is 63.8 Å². The van der Waals surface area contributed by atoms with E-state index in [0.29, 0.717) is 5.82 Å². The van der Waals surface area contributed by atoms with Gasteiger partial charge >= 0.3 is 0 Å². The Morgan fingerprint density at radius 1 is 1.00 bits per heavy atom. The second-order valence-electron chi connectivity index (χ2n) is 4.52. The summed E-state index contributed by atoms with van der Waals surface area (Å²) in [6.45, 7) is 8.06. The van der Waals surface area contributed by atoms with Crippen molar-refractivity contribution < 1.29 is 0 Å². The lowest BCUT2D eigenvalue weighted by Crippen LogP contribution is -2.12. The maximum atomic E-state index is 5.50. The second-order valence-corrected chi connectivity index (χ2v) is 4.52. The Morgan fingerprint density at radius 3 is 2.17 bits per heavy atom. The van der Waals surface area contributed by atoms with E-state index in [-0.39, 0.29) is 0 Å². The number of aryl methyl sites for hydroxylation is 3. The Bertz CT molecular complexity index is 570. The molecule has 0 saturated carbocycles. The molecule has 0 bridgehead atoms. The Balaban J connectivity index is 2.68. The van der Waals surface area contributed by atoms with Crippen LogP contribution in [0.25, 0.3) is 11.4 Å². The van der Waals surface area contributed by atoms with Gasteiger partial charge in [0.15, 0.2) is 5.82 Å². The van der Waals surface area contributed by atoms with Gasteiger partial charge in [-0.3, -0.25) is 0 Å². The van der Waals surface area contributed by atoms with Crippen LogP contribution in [-0.2, 0) is 0 Å². The van der Waals surface area contributed by atoms with E-state index >= 15 is 0 Å². The Morgan fingerprint density at radius 2 is 1.61 bits per heavy atom. The van der Waals surface area contributed by atoms with Crippen molar-refractivity contribution in [3.63, 3.8) is 0 Å². The lowest BCUT2D eigenvalue weighted by atomic mass is 10.0. The van der Waals surface area contributed by atoms with E-state index in [1.165, 1.54) is 11.1 Å². The van der Waals surface area contributed by atoms with Crippen molar-refractivity contribution in [3.05, 3.63) is 40.6 Å². The fraction of sp³-hybridized carbons (Fsp3) is 0.286. The second kappa shape index (κ2) is 4.74. The first-order chi connectivity index (χ1) is 8.54. The highest BCUT2D eigenvalue weighted by atomic mass is 15.3. The molecule has 1 aromatic heterocycles. The van der Waals surface area contributed by atoms with Crippen LogP contribution in [0.15, 0.2) is 18.2 Å². The van der Waals surface area contributed by atoms with E-state index in [2.05, 4.69) is 41.4 Å². The Labute approximate surface area is 107 Å². The maximum Gasteiger partial charge on any atom is 0.162 e. The fourth-order valence-electron chi connectivity index (χ4n) is 2.05. The van der Waals surface area contributed by atoms with Crippen molar-refractivity contribution in [3.8, 4) is 11.4 Å². The number of nitrogen functional groups attached to an aromatic ring is 1. The number of hydrogen-bond acceptors (Lipinski definition) is 4. The standard InChI is InChI=1S/C14H18N4/c1-8-6-5-7-9(2)12(8)14-16-11(4)10(3)13(17-14)18-15/h5-7H,15H2,1-4H3,(H,16,17,18). The van der Waals surface area contributed by atoms with E-state index in [4.69, 9.17) is 5.84 Å². The molecule has 3 N–H and O–H groups in total. The SMILES string of the molecule is Cc1cccc(C)c1-c1nc(C)c(C)c(NN)n1. The number of anilines is 1. The summed E-state index contributed by atoms with van der Waals surface area (Å²) in [6.07, 6.45) is 0. The molecule has 0 aliphatic heterocycles. The van der Waals surface area contributed by atoms with Gasteiger partial charge in [-0.15, -0.1) is 0 Å². The van der Waals surface area contributed by atoms with Gasteiger partial charge in [0.05, 0.1) is 0 Å². The molecule has 1 heterocycles. The van der Waals surface area contributed by atoms with E-state index in [1.807, 2.05) is 19.9 Å². The van der Waals surface area contributed by atoms with E-state index < -0.39 is 0 Å². The zero-order valence-electron chi connectivity index (χ0n) is 11.2. The number of nitrogens with one attached hydrogen (secondary N) is 1. The van der Waals surface area contributed by atoms with Gasteiger partial charge in [0.25, 0.3) is 0 Å². The molecule has 0 aliphatic rings. The number of aromatic nitrogens is 2. The third-order valence-corrected chi connectivity index (χ3v) is 3.23. The van der Waals surface area contributed by atoms with Crippen LogP contribution in [0, 0.1) is 27.7 Å². The minimum Gasteiger partial charge on any atom is -0.308 e. The van der Waals surface area contributed by atoms with Gasteiger partial charge in [0.2, 0.25) is 0 Å². The van der Waals surface area contributed by atoms with Crippen LogP contribution in [-0.4, -0.2) is 9.97 Å². The molecule has 0 radical (unpaired) electrons. The number of rotatable bonds is 2. The largest absolute Gasteiger partial charge is 0.308 e. The zero-order valence-corrected chi connectivity index (χ0v) is 11.2. The molecule has 0 fully saturated rings. The van der Waals surface area contributed by atoms with Crippen LogP contribution >= 0.6 is 0 Å². The van der Waals surface area contributed by atoms with Crippen molar-refractivity contribution >= 4 is 5.82 Å². The summed E-state index contributed by atoms with van der Waals surface area (Å²) in [5.41, 5.74) is 7.97. The van der Waals surface area contributed by atoms with E-state index in [1.54, 1.807) is 0 Å². The molecule has 0 saturated heterocycles. The lowest BCUT2D eigenvalue weighted by Gasteiger charge is -2.12. The summed E-state index contributed by atoms with van der Waals surface area (Å²) >= 11 is 0. The summed E-state index contributed by atoms with van der Waals surface area (Å²) < 4.78 is 0. The van der Waals surface area contributed by atoms with Crippen LogP contribution in [0.4, 0.5) is 5.82 Å². The molecule has 0 unspecified atom stereocenters. The van der Waals surface area contributed by atoms with Gasteiger partial charge < -0.3 is 5.43 Å². The van der Waals surface area contributed by atoms with Crippen molar-refractivity contribution in [2.45, 2.75) is 27.7 Å². The normalized spacial score (nSPS) is 10.5.